The van der Waals surface area contributed by atoms with Gasteiger partial charge in [0.15, 0.2) is 6.10 Å². The van der Waals surface area contributed by atoms with E-state index in [1.54, 1.807) is 19.1 Å². The first-order valence-corrected chi connectivity index (χ1v) is 3.95. The molecule has 0 bridgehead atoms. The minimum absolute atomic E-state index is 0.773. The molecule has 0 saturated heterocycles. The Hall–Kier alpha value is -1.46. The summed E-state index contributed by atoms with van der Waals surface area (Å²) in [5.41, 5.74) is 0. The quantitative estimate of drug-likeness (QED) is 0.278. The fourth-order valence-electron chi connectivity index (χ4n) is 0.521. The van der Waals surface area contributed by atoms with Gasteiger partial charge in [0.2, 0.25) is 0 Å². The molecular formula is C9H12O5. The Kier molecular flexibility index (Phi) is 6.26. The van der Waals surface area contributed by atoms with Gasteiger partial charge in [-0.2, -0.15) is 0 Å². The molecule has 0 aromatic heterocycles. The Bertz CT molecular complexity index is 254. The molecule has 0 aromatic rings. The topological polar surface area (TPSA) is 83.8 Å². The van der Waals surface area contributed by atoms with Gasteiger partial charge in [0.1, 0.15) is 0 Å². The standard InChI is InChI=1S/C9H12O5/c1-2-3-4-5-8(12)14-9(13)7(11)6-10/h2-5,7,10-11H,6H2,1H3/b3-2+,5-4+. The lowest BCUT2D eigenvalue weighted by Crippen LogP contribution is -2.28. The van der Waals surface area contributed by atoms with Crippen molar-refractivity contribution in [3.63, 3.8) is 0 Å². The van der Waals surface area contributed by atoms with Crippen LogP contribution in [0.5, 0.6) is 0 Å². The second-order valence-electron chi connectivity index (χ2n) is 2.32. The highest BCUT2D eigenvalue weighted by molar-refractivity contribution is 5.93. The number of carbonyl (C=O) groups excluding carboxylic acids is 2. The molecule has 0 aliphatic carbocycles. The van der Waals surface area contributed by atoms with Crippen LogP contribution in [0.1, 0.15) is 6.92 Å². The summed E-state index contributed by atoms with van der Waals surface area (Å²) in [4.78, 5) is 21.5. The van der Waals surface area contributed by atoms with Crippen molar-refractivity contribution in [1.82, 2.24) is 0 Å². The normalized spacial score (nSPS) is 13.4. The zero-order valence-corrected chi connectivity index (χ0v) is 7.71. The molecule has 0 spiro atoms. The lowest BCUT2D eigenvalue weighted by molar-refractivity contribution is -0.164. The Balaban J connectivity index is 4.00. The lowest BCUT2D eigenvalue weighted by Gasteiger charge is -2.03. The first-order chi connectivity index (χ1) is 6.61. The molecule has 78 valence electrons. The maximum Gasteiger partial charge on any atom is 0.345 e. The van der Waals surface area contributed by atoms with E-state index in [1.165, 1.54) is 6.08 Å². The summed E-state index contributed by atoms with van der Waals surface area (Å²) in [5, 5.41) is 17.1. The number of hydrogen-bond donors (Lipinski definition) is 2. The SMILES string of the molecule is C/C=C/C=C/C(=O)OC(=O)C(O)CO. The molecule has 2 N–H and O–H groups in total. The van der Waals surface area contributed by atoms with Crippen LogP contribution in [0, 0.1) is 0 Å². The third kappa shape index (κ3) is 5.23. The van der Waals surface area contributed by atoms with Crippen molar-refractivity contribution in [1.29, 1.82) is 0 Å². The van der Waals surface area contributed by atoms with E-state index in [1.807, 2.05) is 0 Å². The highest BCUT2D eigenvalue weighted by Gasteiger charge is 2.17. The molecule has 1 unspecified atom stereocenters. The molecule has 0 saturated carbocycles. The van der Waals surface area contributed by atoms with Crippen LogP contribution in [0.15, 0.2) is 24.3 Å². The van der Waals surface area contributed by atoms with E-state index < -0.39 is 24.6 Å². The van der Waals surface area contributed by atoms with E-state index >= 15 is 0 Å². The summed E-state index contributed by atoms with van der Waals surface area (Å²) >= 11 is 0. The van der Waals surface area contributed by atoms with Gasteiger partial charge in [-0.1, -0.05) is 18.2 Å². The number of allylic oxidation sites excluding steroid dienone is 3. The number of carbonyl (C=O) groups is 2. The van der Waals surface area contributed by atoms with Gasteiger partial charge in [0, 0.05) is 6.08 Å². The van der Waals surface area contributed by atoms with E-state index in [0.717, 1.165) is 6.08 Å². The molecular weight excluding hydrogens is 188 g/mol. The Morgan fingerprint density at radius 2 is 2.07 bits per heavy atom. The van der Waals surface area contributed by atoms with Crippen molar-refractivity contribution in [3.8, 4) is 0 Å². The van der Waals surface area contributed by atoms with E-state index in [4.69, 9.17) is 10.2 Å². The summed E-state index contributed by atoms with van der Waals surface area (Å²) < 4.78 is 4.14. The summed E-state index contributed by atoms with van der Waals surface area (Å²) in [6.07, 6.45) is 4.01. The van der Waals surface area contributed by atoms with Crippen molar-refractivity contribution in [2.75, 3.05) is 6.61 Å². The number of aliphatic hydroxyl groups excluding tert-OH is 2. The van der Waals surface area contributed by atoms with Gasteiger partial charge in [-0.05, 0) is 6.92 Å². The molecule has 1 atom stereocenters. The molecule has 0 aliphatic rings. The fraction of sp³-hybridized carbons (Fsp3) is 0.333. The average Bonchev–Trinajstić information content (AvgIpc) is 2.16. The predicted molar refractivity (Wildman–Crippen MR) is 48.1 cm³/mol. The van der Waals surface area contributed by atoms with Crippen molar-refractivity contribution < 1.29 is 24.5 Å². The van der Waals surface area contributed by atoms with Crippen LogP contribution >= 0.6 is 0 Å². The van der Waals surface area contributed by atoms with Crippen molar-refractivity contribution >= 4 is 11.9 Å². The average molecular weight is 200 g/mol. The number of rotatable bonds is 4. The molecule has 5 nitrogen and oxygen atoms in total. The second kappa shape index (κ2) is 6.99. The fourth-order valence-corrected chi connectivity index (χ4v) is 0.521. The van der Waals surface area contributed by atoms with Crippen LogP contribution in [0.2, 0.25) is 0 Å². The van der Waals surface area contributed by atoms with Gasteiger partial charge in [-0.3, -0.25) is 0 Å². The highest BCUT2D eigenvalue weighted by Crippen LogP contribution is 1.90. The maximum absolute atomic E-state index is 10.8. The van der Waals surface area contributed by atoms with Crippen LogP contribution in [0.3, 0.4) is 0 Å². The van der Waals surface area contributed by atoms with Gasteiger partial charge in [-0.25, -0.2) is 9.59 Å². The number of esters is 2. The van der Waals surface area contributed by atoms with E-state index in [-0.39, 0.29) is 0 Å². The second-order valence-corrected chi connectivity index (χ2v) is 2.32. The van der Waals surface area contributed by atoms with Gasteiger partial charge < -0.3 is 14.9 Å². The molecule has 0 radical (unpaired) electrons. The van der Waals surface area contributed by atoms with Crippen LogP contribution in [0.25, 0.3) is 0 Å². The summed E-state index contributed by atoms with van der Waals surface area (Å²) in [6.45, 7) is 0.987. The molecule has 0 amide bonds. The number of aliphatic hydroxyl groups is 2. The van der Waals surface area contributed by atoms with Gasteiger partial charge >= 0.3 is 11.9 Å². The van der Waals surface area contributed by atoms with Crippen LogP contribution in [-0.2, 0) is 14.3 Å². The van der Waals surface area contributed by atoms with Crippen molar-refractivity contribution in [2.45, 2.75) is 13.0 Å². The van der Waals surface area contributed by atoms with Crippen LogP contribution in [-0.4, -0.2) is 34.9 Å². The summed E-state index contributed by atoms with van der Waals surface area (Å²) in [7, 11) is 0. The molecule has 0 fully saturated rings. The highest BCUT2D eigenvalue weighted by atomic mass is 16.6. The molecule has 0 heterocycles. The molecule has 0 aliphatic heterocycles. The Morgan fingerprint density at radius 3 is 2.57 bits per heavy atom. The summed E-state index contributed by atoms with van der Waals surface area (Å²) in [5.74, 6) is -2.05. The zero-order valence-electron chi connectivity index (χ0n) is 7.71. The predicted octanol–water partition coefficient (Wildman–Crippen LogP) is -0.458. The third-order valence-electron chi connectivity index (χ3n) is 1.18. The first kappa shape index (κ1) is 12.5. The molecule has 0 aromatic carbocycles. The van der Waals surface area contributed by atoms with Crippen LogP contribution < -0.4 is 0 Å². The van der Waals surface area contributed by atoms with E-state index in [2.05, 4.69) is 4.74 Å². The van der Waals surface area contributed by atoms with Crippen molar-refractivity contribution in [3.05, 3.63) is 24.3 Å². The minimum atomic E-state index is -1.67. The lowest BCUT2D eigenvalue weighted by atomic mass is 10.4. The van der Waals surface area contributed by atoms with E-state index in [0.29, 0.717) is 0 Å². The Labute approximate surface area is 81.3 Å². The zero-order chi connectivity index (χ0) is 11.0. The van der Waals surface area contributed by atoms with Gasteiger partial charge in [0.25, 0.3) is 0 Å². The monoisotopic (exact) mass is 200 g/mol. The number of ether oxygens (including phenoxy) is 1. The molecule has 0 rings (SSSR count). The Morgan fingerprint density at radius 1 is 1.43 bits per heavy atom. The minimum Gasteiger partial charge on any atom is -0.393 e. The number of hydrogen-bond acceptors (Lipinski definition) is 5. The summed E-state index contributed by atoms with van der Waals surface area (Å²) in [6, 6.07) is 0. The largest absolute Gasteiger partial charge is 0.393 e. The van der Waals surface area contributed by atoms with E-state index in [9.17, 15) is 9.59 Å². The smallest absolute Gasteiger partial charge is 0.345 e. The maximum atomic E-state index is 10.8. The van der Waals surface area contributed by atoms with Gasteiger partial charge in [-0.15, -0.1) is 0 Å². The third-order valence-corrected chi connectivity index (χ3v) is 1.18. The van der Waals surface area contributed by atoms with Crippen molar-refractivity contribution in [2.24, 2.45) is 0 Å². The van der Waals surface area contributed by atoms with Crippen LogP contribution in [0.4, 0.5) is 0 Å². The molecule has 14 heavy (non-hydrogen) atoms. The first-order valence-electron chi connectivity index (χ1n) is 3.95. The van der Waals surface area contributed by atoms with Gasteiger partial charge in [0.05, 0.1) is 6.61 Å². The molecule has 5 heteroatoms.